The Morgan fingerprint density at radius 2 is 1.44 bits per heavy atom. The molecule has 0 saturated carbocycles. The van der Waals surface area contributed by atoms with Gasteiger partial charge in [0.15, 0.2) is 5.69 Å². The van der Waals surface area contributed by atoms with Crippen molar-refractivity contribution in [3.63, 3.8) is 0 Å². The lowest BCUT2D eigenvalue weighted by molar-refractivity contribution is -0.137. The summed E-state index contributed by atoms with van der Waals surface area (Å²) in [5.74, 6) is 6.68. The summed E-state index contributed by atoms with van der Waals surface area (Å²) in [6.07, 6.45) is 2.70. The highest BCUT2D eigenvalue weighted by atomic mass is 16.5. The molecule has 0 unspecified atom stereocenters. The van der Waals surface area contributed by atoms with Crippen molar-refractivity contribution in [3.05, 3.63) is 71.2 Å². The highest BCUT2D eigenvalue weighted by Gasteiger charge is 2.40. The summed E-state index contributed by atoms with van der Waals surface area (Å²) in [4.78, 5) is 70.4. The van der Waals surface area contributed by atoms with Gasteiger partial charge in [0.05, 0.1) is 44.3 Å². The molecule has 5 atom stereocenters. The third-order valence-corrected chi connectivity index (χ3v) is 10.6. The first-order chi connectivity index (χ1) is 27.5. The molecular formula is C41H47N9O7. The number of nitriles is 1. The number of hydrogen-bond acceptors (Lipinski definition) is 10. The van der Waals surface area contributed by atoms with Gasteiger partial charge in [-0.25, -0.2) is 19.6 Å². The predicted molar refractivity (Wildman–Crippen MR) is 208 cm³/mol. The standard InChI is InChI=1S/C41H47N9O7/c1-23(2)34(47-40(53)56-5)38(51)50-18-8-10-33(50)37-44-29(30(21-42)45-37)16-12-25-11-13-27-20-28(15-14-26(27)19-25)31-22-43-36(46-31)32-9-7-17-49(32)39(52)35(24(3)55-4)48-41(54)57-6/h11,13-15,19-20,22-24,32-35H,7-10,17-18H2,1-6H3,(H,43,46)(H,44,45)(H,47,53)(H,48,54)/t24-,32+,33+,34+,35+/m1/s1. The number of rotatable bonds is 10. The number of nitrogens with zero attached hydrogens (tertiary/aromatic N) is 5. The molecule has 4 amide bonds. The molecule has 0 radical (unpaired) electrons. The molecule has 2 aromatic carbocycles. The van der Waals surface area contributed by atoms with Gasteiger partial charge in [-0.1, -0.05) is 38.0 Å². The quantitative estimate of drug-likeness (QED) is 0.163. The molecule has 16 heteroatoms. The third-order valence-electron chi connectivity index (χ3n) is 10.6. The first kappa shape index (κ1) is 40.3. The second-order valence-corrected chi connectivity index (χ2v) is 14.5. The molecule has 2 saturated heterocycles. The van der Waals surface area contributed by atoms with E-state index in [2.05, 4.69) is 48.5 Å². The number of benzene rings is 2. The van der Waals surface area contributed by atoms with Gasteiger partial charge in [-0.2, -0.15) is 5.26 Å². The number of hydrogen-bond donors (Lipinski definition) is 4. The van der Waals surface area contributed by atoms with E-state index in [1.165, 1.54) is 21.3 Å². The maximum Gasteiger partial charge on any atom is 0.407 e. The maximum absolute atomic E-state index is 13.6. The number of imidazole rings is 2. The number of alkyl carbamates (subject to hydrolysis) is 2. The Kier molecular flexibility index (Phi) is 12.4. The molecule has 16 nitrogen and oxygen atoms in total. The highest BCUT2D eigenvalue weighted by Crippen LogP contribution is 2.34. The minimum atomic E-state index is -0.917. The van der Waals surface area contributed by atoms with E-state index in [0.29, 0.717) is 36.9 Å². The summed E-state index contributed by atoms with van der Waals surface area (Å²) in [6.45, 7) is 6.44. The first-order valence-electron chi connectivity index (χ1n) is 18.9. The van der Waals surface area contributed by atoms with Crippen LogP contribution in [0.5, 0.6) is 0 Å². The zero-order valence-corrected chi connectivity index (χ0v) is 32.8. The average Bonchev–Trinajstić information content (AvgIpc) is 4.06. The molecule has 2 aromatic heterocycles. The molecule has 6 rings (SSSR count). The van der Waals surface area contributed by atoms with Gasteiger partial charge >= 0.3 is 12.2 Å². The van der Waals surface area contributed by atoms with E-state index in [9.17, 15) is 24.4 Å². The number of H-pyrrole nitrogens is 2. The van der Waals surface area contributed by atoms with Gasteiger partial charge in [0.1, 0.15) is 35.5 Å². The van der Waals surface area contributed by atoms with E-state index >= 15 is 0 Å². The van der Waals surface area contributed by atoms with Crippen molar-refractivity contribution < 1.29 is 33.4 Å². The minimum Gasteiger partial charge on any atom is -0.453 e. The summed E-state index contributed by atoms with van der Waals surface area (Å²) in [5.41, 5.74) is 2.95. The fourth-order valence-electron chi connectivity index (χ4n) is 7.39. The Hall–Kier alpha value is -6.39. The van der Waals surface area contributed by atoms with Gasteiger partial charge in [0.25, 0.3) is 0 Å². The van der Waals surface area contributed by atoms with Crippen LogP contribution in [0, 0.1) is 29.1 Å². The predicted octanol–water partition coefficient (Wildman–Crippen LogP) is 4.69. The van der Waals surface area contributed by atoms with Gasteiger partial charge < -0.3 is 44.6 Å². The van der Waals surface area contributed by atoms with Crippen LogP contribution in [0.3, 0.4) is 0 Å². The van der Waals surface area contributed by atoms with Crippen LogP contribution in [0.2, 0.25) is 0 Å². The van der Waals surface area contributed by atoms with Gasteiger partial charge in [-0.3, -0.25) is 9.59 Å². The number of ether oxygens (including phenoxy) is 3. The van der Waals surface area contributed by atoms with Gasteiger partial charge in [-0.15, -0.1) is 0 Å². The normalized spacial score (nSPS) is 18.0. The number of methoxy groups -OCH3 is 3. The van der Waals surface area contributed by atoms with Crippen molar-refractivity contribution in [2.75, 3.05) is 34.4 Å². The number of amides is 4. The Labute approximate surface area is 330 Å². The average molecular weight is 778 g/mol. The van der Waals surface area contributed by atoms with E-state index in [0.717, 1.165) is 46.9 Å². The number of aromatic amines is 2. The van der Waals surface area contributed by atoms with Crippen LogP contribution < -0.4 is 10.6 Å². The molecule has 2 aliphatic rings. The second-order valence-electron chi connectivity index (χ2n) is 14.5. The molecule has 57 heavy (non-hydrogen) atoms. The summed E-state index contributed by atoms with van der Waals surface area (Å²) in [7, 11) is 3.99. The van der Waals surface area contributed by atoms with E-state index < -0.39 is 36.4 Å². The van der Waals surface area contributed by atoms with Crippen molar-refractivity contribution in [1.82, 2.24) is 40.4 Å². The molecule has 0 bridgehead atoms. The van der Waals surface area contributed by atoms with Crippen LogP contribution in [0.4, 0.5) is 9.59 Å². The van der Waals surface area contributed by atoms with E-state index in [1.807, 2.05) is 50.2 Å². The van der Waals surface area contributed by atoms with Crippen molar-refractivity contribution in [1.29, 1.82) is 5.26 Å². The smallest absolute Gasteiger partial charge is 0.407 e. The number of carbonyl (C=O) groups is 4. The lowest BCUT2D eigenvalue weighted by Gasteiger charge is -2.30. The Morgan fingerprint density at radius 1 is 0.825 bits per heavy atom. The van der Waals surface area contributed by atoms with Crippen molar-refractivity contribution >= 4 is 34.8 Å². The van der Waals surface area contributed by atoms with E-state index in [-0.39, 0.29) is 29.5 Å². The SMILES string of the molecule is COC(=O)N[C@H](C(=O)N1CCC[C@H]1c1nc(C#N)c(C#Cc2ccc3cc(-c4cnc([C@@H]5CCCN5C(=O)[C@@H](NC(=O)OC)[C@@H](C)OC)[nH]4)ccc3c2)[nH]1)C(C)C. The summed E-state index contributed by atoms with van der Waals surface area (Å²) in [6, 6.07) is 11.6. The van der Waals surface area contributed by atoms with Crippen LogP contribution in [0.15, 0.2) is 42.6 Å². The van der Waals surface area contributed by atoms with Crippen molar-refractivity contribution in [3.8, 4) is 29.2 Å². The first-order valence-corrected chi connectivity index (χ1v) is 18.9. The summed E-state index contributed by atoms with van der Waals surface area (Å²) < 4.78 is 14.9. The number of aromatic nitrogens is 4. The number of likely N-dealkylation sites (tertiary alicyclic amines) is 2. The fourth-order valence-corrected chi connectivity index (χ4v) is 7.39. The summed E-state index contributed by atoms with van der Waals surface area (Å²) in [5, 5.41) is 17.1. The van der Waals surface area contributed by atoms with E-state index in [1.54, 1.807) is 22.9 Å². The topological polar surface area (TPSA) is 208 Å². The van der Waals surface area contributed by atoms with Crippen LogP contribution in [0.1, 0.15) is 87.1 Å². The Balaban J connectivity index is 1.17. The number of fused-ring (bicyclic) bond motifs is 1. The van der Waals surface area contributed by atoms with Gasteiger partial charge in [-0.05, 0) is 73.4 Å². The van der Waals surface area contributed by atoms with Crippen LogP contribution in [0.25, 0.3) is 22.0 Å². The molecular weight excluding hydrogens is 731 g/mol. The van der Waals surface area contributed by atoms with Gasteiger partial charge in [0.2, 0.25) is 11.8 Å². The molecule has 4 aromatic rings. The number of carbonyl (C=O) groups excluding carboxylic acids is 4. The minimum absolute atomic E-state index is 0.140. The number of nitrogens with one attached hydrogen (secondary N) is 4. The van der Waals surface area contributed by atoms with Crippen molar-refractivity contribution in [2.45, 2.75) is 76.7 Å². The zero-order chi connectivity index (χ0) is 40.8. The highest BCUT2D eigenvalue weighted by molar-refractivity contribution is 5.89. The van der Waals surface area contributed by atoms with Gasteiger partial charge in [0, 0.05) is 31.3 Å². The lowest BCUT2D eigenvalue weighted by Crippen LogP contribution is -2.54. The molecule has 2 fully saturated rings. The largest absolute Gasteiger partial charge is 0.453 e. The zero-order valence-electron chi connectivity index (χ0n) is 32.8. The van der Waals surface area contributed by atoms with E-state index in [4.69, 9.17) is 14.2 Å². The Morgan fingerprint density at radius 3 is 2.07 bits per heavy atom. The van der Waals surface area contributed by atoms with Crippen LogP contribution in [-0.4, -0.2) is 106 Å². The lowest BCUT2D eigenvalue weighted by atomic mass is 10.0. The molecule has 0 aliphatic carbocycles. The summed E-state index contributed by atoms with van der Waals surface area (Å²) >= 11 is 0. The van der Waals surface area contributed by atoms with Crippen molar-refractivity contribution in [2.24, 2.45) is 5.92 Å². The van der Waals surface area contributed by atoms with Crippen LogP contribution >= 0.6 is 0 Å². The third kappa shape index (κ3) is 8.71. The molecule has 4 N–H and O–H groups in total. The molecule has 2 aliphatic heterocycles. The maximum atomic E-state index is 13.6. The molecule has 298 valence electrons. The fraction of sp³-hybridized carbons (Fsp3) is 0.439. The van der Waals surface area contributed by atoms with Crippen LogP contribution in [-0.2, 0) is 23.8 Å². The monoisotopic (exact) mass is 777 g/mol. The second kappa shape index (κ2) is 17.6. The molecule has 4 heterocycles. The Bertz CT molecular complexity index is 2250. The molecule has 0 spiro atoms.